The molecule has 8 heteroatoms. The largest absolute Gasteiger partial charge is 0.429 e. The zero-order valence-electron chi connectivity index (χ0n) is 25.5. The maximum Gasteiger partial charge on any atom is 0.419 e. The standard InChI is InChI=1S/C37H40F6O2/c1-2-3-4-5-25-8-17-35(44-23-25)28-13-11-27(12-14-28)26-9-6-24(7-10-26)18-19-37(42,43)45-30-15-16-31(32(38)22-30)29-20-33(39)36(41)34(40)21-29/h6-7,9-10,15-16,18-22,25,27-28,35H,2-5,8,11-14,17,23H2,1H3. The normalized spacial score (nSPS) is 22.6. The minimum atomic E-state index is -3.75. The van der Waals surface area contributed by atoms with Gasteiger partial charge in [-0.1, -0.05) is 50.5 Å². The van der Waals surface area contributed by atoms with Crippen LogP contribution in [-0.2, 0) is 4.74 Å². The van der Waals surface area contributed by atoms with Crippen molar-refractivity contribution in [1.82, 2.24) is 0 Å². The molecular formula is C37H40F6O2. The average Bonchev–Trinajstić information content (AvgIpc) is 3.03. The lowest BCUT2D eigenvalue weighted by molar-refractivity contribution is -0.131. The third-order valence-corrected chi connectivity index (χ3v) is 9.29. The summed E-state index contributed by atoms with van der Waals surface area (Å²) in [4.78, 5) is 0. The van der Waals surface area contributed by atoms with Crippen molar-refractivity contribution in [1.29, 1.82) is 0 Å². The second-order valence-electron chi connectivity index (χ2n) is 12.5. The van der Waals surface area contributed by atoms with Gasteiger partial charge >= 0.3 is 6.11 Å². The summed E-state index contributed by atoms with van der Waals surface area (Å²) in [7, 11) is 0. The molecule has 2 aliphatic rings. The lowest BCUT2D eigenvalue weighted by atomic mass is 9.75. The first kappa shape index (κ1) is 33.1. The highest BCUT2D eigenvalue weighted by molar-refractivity contribution is 5.65. The molecule has 5 rings (SSSR count). The van der Waals surface area contributed by atoms with E-state index in [-0.39, 0.29) is 11.1 Å². The summed E-state index contributed by atoms with van der Waals surface area (Å²) in [5, 5.41) is 0. The highest BCUT2D eigenvalue weighted by atomic mass is 19.3. The predicted octanol–water partition coefficient (Wildman–Crippen LogP) is 11.2. The SMILES string of the molecule is CCCCCC1CCC(C2CCC(c3ccc(C=CC(F)(F)Oc4ccc(-c5cc(F)c(F)c(F)c5)c(F)c4)cc3)CC2)OC1. The molecule has 0 spiro atoms. The van der Waals surface area contributed by atoms with E-state index in [1.165, 1.54) is 50.2 Å². The van der Waals surface area contributed by atoms with Crippen LogP contribution in [0.3, 0.4) is 0 Å². The van der Waals surface area contributed by atoms with E-state index in [2.05, 4.69) is 11.7 Å². The van der Waals surface area contributed by atoms with Gasteiger partial charge in [0, 0.05) is 24.3 Å². The van der Waals surface area contributed by atoms with Crippen LogP contribution in [-0.4, -0.2) is 18.8 Å². The number of hydrogen-bond donors (Lipinski definition) is 0. The molecule has 1 saturated carbocycles. The number of unbranched alkanes of at least 4 members (excludes halogenated alkanes) is 2. The zero-order chi connectivity index (χ0) is 32.0. The Balaban J connectivity index is 1.11. The predicted molar refractivity (Wildman–Crippen MR) is 164 cm³/mol. The molecule has 0 bridgehead atoms. The lowest BCUT2D eigenvalue weighted by Crippen LogP contribution is -2.34. The van der Waals surface area contributed by atoms with E-state index in [4.69, 9.17) is 4.74 Å². The van der Waals surface area contributed by atoms with Gasteiger partial charge in [0.2, 0.25) is 0 Å². The van der Waals surface area contributed by atoms with Crippen LogP contribution >= 0.6 is 0 Å². The van der Waals surface area contributed by atoms with Crippen LogP contribution in [0, 0.1) is 35.1 Å². The number of hydrogen-bond acceptors (Lipinski definition) is 2. The minimum Gasteiger partial charge on any atom is -0.429 e. The van der Waals surface area contributed by atoms with Gasteiger partial charge in [-0.05, 0) is 110 Å². The fourth-order valence-electron chi connectivity index (χ4n) is 6.70. The second-order valence-corrected chi connectivity index (χ2v) is 12.5. The van der Waals surface area contributed by atoms with E-state index in [0.717, 1.165) is 44.4 Å². The van der Waals surface area contributed by atoms with E-state index < -0.39 is 35.1 Å². The lowest BCUT2D eigenvalue weighted by Gasteiger charge is -2.38. The molecule has 45 heavy (non-hydrogen) atoms. The van der Waals surface area contributed by atoms with E-state index in [0.29, 0.717) is 53.7 Å². The van der Waals surface area contributed by atoms with Crippen LogP contribution in [0.2, 0.25) is 0 Å². The van der Waals surface area contributed by atoms with Gasteiger partial charge < -0.3 is 9.47 Å². The first-order valence-electron chi connectivity index (χ1n) is 16.0. The Kier molecular flexibility index (Phi) is 11.0. The monoisotopic (exact) mass is 630 g/mol. The quantitative estimate of drug-likeness (QED) is 0.119. The molecule has 0 amide bonds. The second kappa shape index (κ2) is 14.9. The van der Waals surface area contributed by atoms with Crippen molar-refractivity contribution in [3.63, 3.8) is 0 Å². The van der Waals surface area contributed by atoms with Gasteiger partial charge in [-0.25, -0.2) is 17.6 Å². The van der Waals surface area contributed by atoms with Gasteiger partial charge in [0.25, 0.3) is 0 Å². The van der Waals surface area contributed by atoms with E-state index >= 15 is 0 Å². The number of rotatable bonds is 11. The Labute approximate surface area is 261 Å². The van der Waals surface area contributed by atoms with E-state index in [9.17, 15) is 26.3 Å². The molecule has 2 unspecified atom stereocenters. The summed E-state index contributed by atoms with van der Waals surface area (Å²) >= 11 is 0. The first-order valence-corrected chi connectivity index (χ1v) is 16.0. The molecule has 1 aliphatic carbocycles. The molecule has 0 aromatic heterocycles. The summed E-state index contributed by atoms with van der Waals surface area (Å²) < 4.78 is 95.1. The van der Waals surface area contributed by atoms with Crippen molar-refractivity contribution < 1.29 is 35.8 Å². The van der Waals surface area contributed by atoms with Crippen molar-refractivity contribution in [2.75, 3.05) is 6.61 Å². The molecule has 2 atom stereocenters. The Morgan fingerprint density at radius 2 is 1.53 bits per heavy atom. The summed E-state index contributed by atoms with van der Waals surface area (Å²) in [6.45, 7) is 3.14. The molecule has 242 valence electrons. The van der Waals surface area contributed by atoms with Crippen LogP contribution in [0.15, 0.2) is 60.7 Å². The van der Waals surface area contributed by atoms with Crippen molar-refractivity contribution in [2.24, 2.45) is 11.8 Å². The van der Waals surface area contributed by atoms with Crippen LogP contribution in [0.5, 0.6) is 5.75 Å². The van der Waals surface area contributed by atoms with Crippen LogP contribution in [0.1, 0.15) is 88.2 Å². The molecule has 0 radical (unpaired) electrons. The van der Waals surface area contributed by atoms with Crippen LogP contribution in [0.4, 0.5) is 26.3 Å². The van der Waals surface area contributed by atoms with Gasteiger partial charge in [0.1, 0.15) is 11.6 Å². The third-order valence-electron chi connectivity index (χ3n) is 9.29. The topological polar surface area (TPSA) is 18.5 Å². The number of ether oxygens (including phenoxy) is 2. The Morgan fingerprint density at radius 1 is 0.822 bits per heavy atom. The summed E-state index contributed by atoms with van der Waals surface area (Å²) in [5.74, 6) is -4.43. The van der Waals surface area contributed by atoms with Gasteiger partial charge in [0.05, 0.1) is 6.10 Å². The molecule has 3 aromatic carbocycles. The van der Waals surface area contributed by atoms with Crippen molar-refractivity contribution >= 4 is 6.08 Å². The Hall–Kier alpha value is -3.26. The van der Waals surface area contributed by atoms with Crippen molar-refractivity contribution in [3.05, 3.63) is 95.1 Å². The van der Waals surface area contributed by atoms with E-state index in [1.807, 2.05) is 12.1 Å². The molecule has 2 nitrogen and oxygen atoms in total. The Bertz CT molecular complexity index is 1410. The molecule has 1 aliphatic heterocycles. The molecular weight excluding hydrogens is 590 g/mol. The fourth-order valence-corrected chi connectivity index (χ4v) is 6.70. The van der Waals surface area contributed by atoms with Crippen LogP contribution < -0.4 is 4.74 Å². The highest BCUT2D eigenvalue weighted by Crippen LogP contribution is 2.40. The van der Waals surface area contributed by atoms with Crippen LogP contribution in [0.25, 0.3) is 17.2 Å². The summed E-state index contributed by atoms with van der Waals surface area (Å²) in [6, 6.07) is 11.6. The van der Waals surface area contributed by atoms with Gasteiger partial charge in [-0.2, -0.15) is 8.78 Å². The molecule has 1 heterocycles. The summed E-state index contributed by atoms with van der Waals surface area (Å²) in [6.07, 6.45) is 10.5. The zero-order valence-corrected chi connectivity index (χ0v) is 25.5. The number of benzene rings is 3. The summed E-state index contributed by atoms with van der Waals surface area (Å²) in [5.41, 5.74) is 1.21. The van der Waals surface area contributed by atoms with Crippen molar-refractivity contribution in [3.8, 4) is 16.9 Å². The molecule has 1 saturated heterocycles. The minimum absolute atomic E-state index is 0.275. The van der Waals surface area contributed by atoms with Gasteiger partial charge in [-0.3, -0.25) is 0 Å². The maximum absolute atomic E-state index is 14.6. The highest BCUT2D eigenvalue weighted by Gasteiger charge is 2.32. The van der Waals surface area contributed by atoms with Crippen molar-refractivity contribution in [2.45, 2.75) is 89.3 Å². The third kappa shape index (κ3) is 8.72. The Morgan fingerprint density at radius 3 is 2.16 bits per heavy atom. The maximum atomic E-state index is 14.6. The molecule has 0 N–H and O–H groups in total. The number of alkyl halides is 2. The molecule has 3 aromatic rings. The smallest absolute Gasteiger partial charge is 0.419 e. The number of halogens is 6. The van der Waals surface area contributed by atoms with E-state index in [1.54, 1.807) is 12.1 Å². The van der Waals surface area contributed by atoms with Gasteiger partial charge in [-0.15, -0.1) is 0 Å². The fraction of sp³-hybridized carbons (Fsp3) is 0.459. The first-order chi connectivity index (χ1) is 21.6. The van der Waals surface area contributed by atoms with Gasteiger partial charge in [0.15, 0.2) is 17.5 Å². The molecule has 2 fully saturated rings. The average molecular weight is 631 g/mol.